The van der Waals surface area contributed by atoms with Crippen LogP contribution in [0.5, 0.6) is 11.5 Å². The van der Waals surface area contributed by atoms with Crippen molar-refractivity contribution in [1.82, 2.24) is 4.90 Å². The lowest BCUT2D eigenvalue weighted by Crippen LogP contribution is -2.40. The quantitative estimate of drug-likeness (QED) is 0.652. The van der Waals surface area contributed by atoms with Gasteiger partial charge in [0.25, 0.3) is 0 Å². The molecule has 4 nitrogen and oxygen atoms in total. The van der Waals surface area contributed by atoms with E-state index in [-0.39, 0.29) is 12.4 Å². The molecule has 1 aliphatic heterocycles. The van der Waals surface area contributed by atoms with Crippen LogP contribution in [0.2, 0.25) is 0 Å². The van der Waals surface area contributed by atoms with Gasteiger partial charge in [-0.15, -0.1) is 0 Å². The minimum Gasteiger partial charge on any atom is -0.493 e. The Kier molecular flexibility index (Phi) is 6.45. The maximum Gasteiger partial charge on any atom is 0.175 e. The van der Waals surface area contributed by atoms with Gasteiger partial charge in [0.1, 0.15) is 17.4 Å². The Bertz CT molecular complexity index is 796. The summed E-state index contributed by atoms with van der Waals surface area (Å²) in [4.78, 5) is 2.85. The highest BCUT2D eigenvalue weighted by molar-refractivity contribution is 9.10. The fourth-order valence-electron chi connectivity index (χ4n) is 2.70. The van der Waals surface area contributed by atoms with E-state index in [0.29, 0.717) is 34.7 Å². The van der Waals surface area contributed by atoms with Gasteiger partial charge >= 0.3 is 0 Å². The summed E-state index contributed by atoms with van der Waals surface area (Å²) >= 11 is 9.13. The molecule has 3 rings (SSSR count). The lowest BCUT2D eigenvalue weighted by atomic mass is 10.1. The van der Waals surface area contributed by atoms with Gasteiger partial charge in [0.05, 0.1) is 24.8 Å². The van der Waals surface area contributed by atoms with Crippen LogP contribution in [0, 0.1) is 5.82 Å². The molecule has 2 aromatic carbocycles. The van der Waals surface area contributed by atoms with Crippen molar-refractivity contribution in [3.63, 3.8) is 0 Å². The van der Waals surface area contributed by atoms with E-state index >= 15 is 0 Å². The van der Waals surface area contributed by atoms with Gasteiger partial charge < -0.3 is 19.1 Å². The summed E-state index contributed by atoms with van der Waals surface area (Å²) in [6.07, 6.45) is 0. The van der Waals surface area contributed by atoms with E-state index in [1.165, 1.54) is 6.07 Å². The Morgan fingerprint density at radius 2 is 2.00 bits per heavy atom. The van der Waals surface area contributed by atoms with Crippen LogP contribution in [0.25, 0.3) is 0 Å². The number of rotatable bonds is 5. The van der Waals surface area contributed by atoms with Crippen molar-refractivity contribution in [2.75, 3.05) is 33.4 Å². The van der Waals surface area contributed by atoms with Crippen molar-refractivity contribution in [2.24, 2.45) is 0 Å². The molecule has 138 valence electrons. The molecule has 1 heterocycles. The molecule has 0 bridgehead atoms. The average molecular weight is 440 g/mol. The smallest absolute Gasteiger partial charge is 0.175 e. The van der Waals surface area contributed by atoms with Crippen LogP contribution < -0.4 is 9.47 Å². The van der Waals surface area contributed by atoms with Gasteiger partial charge in [-0.25, -0.2) is 4.39 Å². The molecule has 7 heteroatoms. The van der Waals surface area contributed by atoms with Crippen LogP contribution in [-0.4, -0.2) is 43.3 Å². The lowest BCUT2D eigenvalue weighted by molar-refractivity contribution is 0.0693. The van der Waals surface area contributed by atoms with E-state index in [4.69, 9.17) is 26.4 Å². The van der Waals surface area contributed by atoms with Gasteiger partial charge in [-0.3, -0.25) is 0 Å². The van der Waals surface area contributed by atoms with E-state index in [2.05, 4.69) is 20.8 Å². The third kappa shape index (κ3) is 4.34. The number of ether oxygens (including phenoxy) is 3. The third-order valence-electron chi connectivity index (χ3n) is 4.10. The molecule has 0 spiro atoms. The van der Waals surface area contributed by atoms with Crippen molar-refractivity contribution in [1.29, 1.82) is 0 Å². The fraction of sp³-hybridized carbons (Fsp3) is 0.316. The van der Waals surface area contributed by atoms with E-state index in [1.807, 2.05) is 12.1 Å². The lowest BCUT2D eigenvalue weighted by Gasteiger charge is -2.29. The second-order valence-corrected chi connectivity index (χ2v) is 7.02. The number of hydrogen-bond acceptors (Lipinski definition) is 4. The summed E-state index contributed by atoms with van der Waals surface area (Å²) < 4.78 is 31.2. The maximum absolute atomic E-state index is 13.8. The van der Waals surface area contributed by atoms with Gasteiger partial charge in [0, 0.05) is 24.2 Å². The van der Waals surface area contributed by atoms with Crippen LogP contribution >= 0.6 is 28.1 Å². The predicted molar refractivity (Wildman–Crippen MR) is 106 cm³/mol. The van der Waals surface area contributed by atoms with Gasteiger partial charge in [-0.05, 0) is 34.1 Å². The normalized spacial score (nSPS) is 14.2. The molecule has 0 aliphatic carbocycles. The highest BCUT2D eigenvalue weighted by atomic mass is 79.9. The minimum atomic E-state index is -0.298. The Hall–Kier alpha value is -1.70. The van der Waals surface area contributed by atoms with Crippen LogP contribution in [0.4, 0.5) is 4.39 Å². The topological polar surface area (TPSA) is 30.9 Å². The first-order chi connectivity index (χ1) is 12.6. The molecule has 2 aromatic rings. The van der Waals surface area contributed by atoms with E-state index < -0.39 is 0 Å². The Balaban J connectivity index is 1.80. The molecule has 0 aromatic heterocycles. The molecule has 0 N–H and O–H groups in total. The summed E-state index contributed by atoms with van der Waals surface area (Å²) in [6, 6.07) is 10.3. The van der Waals surface area contributed by atoms with Crippen molar-refractivity contribution in [2.45, 2.75) is 6.61 Å². The first kappa shape index (κ1) is 19.1. The molecule has 0 atom stereocenters. The van der Waals surface area contributed by atoms with Gasteiger partial charge in [-0.2, -0.15) is 0 Å². The van der Waals surface area contributed by atoms with Gasteiger partial charge in [0.2, 0.25) is 0 Å². The molecule has 1 saturated heterocycles. The number of methoxy groups -OCH3 is 1. The minimum absolute atomic E-state index is 0.106. The monoisotopic (exact) mass is 439 g/mol. The zero-order chi connectivity index (χ0) is 18.5. The second-order valence-electron chi connectivity index (χ2n) is 5.77. The molecule has 0 amide bonds. The average Bonchev–Trinajstić information content (AvgIpc) is 2.67. The van der Waals surface area contributed by atoms with Gasteiger partial charge in [-0.1, -0.05) is 30.4 Å². The number of hydrogen-bond donors (Lipinski definition) is 0. The zero-order valence-corrected chi connectivity index (χ0v) is 16.7. The molecular formula is C19H19BrFNO3S. The van der Waals surface area contributed by atoms with E-state index in [0.717, 1.165) is 23.6 Å². The SMILES string of the molecule is COc1cc(C(=S)N2CCOCC2)cc(Br)c1OCc1ccccc1F. The Labute approximate surface area is 166 Å². The summed E-state index contributed by atoms with van der Waals surface area (Å²) in [6.45, 7) is 2.98. The highest BCUT2D eigenvalue weighted by Gasteiger charge is 2.19. The van der Waals surface area contributed by atoms with Crippen molar-refractivity contribution in [3.05, 3.63) is 57.8 Å². The number of halogens is 2. The molecule has 26 heavy (non-hydrogen) atoms. The fourth-order valence-corrected chi connectivity index (χ4v) is 3.55. The van der Waals surface area contributed by atoms with Crippen LogP contribution in [0.1, 0.15) is 11.1 Å². The van der Waals surface area contributed by atoms with Crippen LogP contribution in [0.3, 0.4) is 0 Å². The standard InChI is InChI=1S/C19H19BrFNO3S/c1-23-17-11-14(19(26)22-6-8-24-9-7-22)10-15(20)18(17)25-12-13-4-2-3-5-16(13)21/h2-5,10-11H,6-9,12H2,1H3. The molecule has 1 aliphatic rings. The van der Waals surface area contributed by atoms with Crippen LogP contribution in [-0.2, 0) is 11.3 Å². The van der Waals surface area contributed by atoms with Gasteiger partial charge in [0.15, 0.2) is 11.5 Å². The van der Waals surface area contributed by atoms with Crippen molar-refractivity contribution in [3.8, 4) is 11.5 Å². The summed E-state index contributed by atoms with van der Waals surface area (Å²) in [7, 11) is 1.57. The number of thiocarbonyl (C=S) groups is 1. The number of benzene rings is 2. The van der Waals surface area contributed by atoms with Crippen LogP contribution in [0.15, 0.2) is 40.9 Å². The van der Waals surface area contributed by atoms with E-state index in [9.17, 15) is 4.39 Å². The molecule has 0 saturated carbocycles. The first-order valence-corrected chi connectivity index (χ1v) is 9.41. The van der Waals surface area contributed by atoms with Crippen molar-refractivity contribution >= 4 is 33.1 Å². The molecule has 0 radical (unpaired) electrons. The first-order valence-electron chi connectivity index (χ1n) is 8.21. The Morgan fingerprint density at radius 1 is 1.27 bits per heavy atom. The Morgan fingerprint density at radius 3 is 2.69 bits per heavy atom. The second kappa shape index (κ2) is 8.79. The largest absolute Gasteiger partial charge is 0.493 e. The third-order valence-corrected chi connectivity index (χ3v) is 5.19. The summed E-state index contributed by atoms with van der Waals surface area (Å²) in [5, 5.41) is 0. The number of nitrogens with zero attached hydrogens (tertiary/aromatic N) is 1. The molecule has 1 fully saturated rings. The summed E-state index contributed by atoms with van der Waals surface area (Å²) in [5.74, 6) is 0.762. The molecule has 0 unspecified atom stereocenters. The van der Waals surface area contributed by atoms with Crippen molar-refractivity contribution < 1.29 is 18.6 Å². The molecular weight excluding hydrogens is 421 g/mol. The van der Waals surface area contributed by atoms with E-state index in [1.54, 1.807) is 25.3 Å². The zero-order valence-electron chi connectivity index (χ0n) is 14.3. The summed E-state index contributed by atoms with van der Waals surface area (Å²) in [5.41, 5.74) is 1.35. The highest BCUT2D eigenvalue weighted by Crippen LogP contribution is 2.37. The predicted octanol–water partition coefficient (Wildman–Crippen LogP) is 4.18. The number of morpholine rings is 1. The maximum atomic E-state index is 13.8.